The summed E-state index contributed by atoms with van der Waals surface area (Å²) in [5.74, 6) is -2.82. The fraction of sp³-hybridized carbons (Fsp3) is 0.600. The Hall–Kier alpha value is -4.63. The number of rotatable bonds is 6. The SMILES string of the molecule is CCOC(=O)[C@@]12C[C@H]1/C=C\CCCCC[C@H](NC(=O)OC(C)(C)C)C(=O)N1C[C@H](Oc3nc4cc(OC)ccc4nc3C(F)(F)F)C[C@H]1C(=O)N2. The minimum Gasteiger partial charge on any atom is -0.497 e. The van der Waals surface area contributed by atoms with Gasteiger partial charge in [0, 0.05) is 18.4 Å². The monoisotopic (exact) mass is 719 g/mol. The van der Waals surface area contributed by atoms with E-state index in [1.807, 2.05) is 12.2 Å². The van der Waals surface area contributed by atoms with Crippen LogP contribution in [0.15, 0.2) is 30.4 Å². The summed E-state index contributed by atoms with van der Waals surface area (Å²) in [5.41, 5.74) is -3.57. The Labute approximate surface area is 293 Å². The number of hydrogen-bond acceptors (Lipinski definition) is 10. The van der Waals surface area contributed by atoms with Crippen LogP contribution < -0.4 is 20.1 Å². The predicted octanol–water partition coefficient (Wildman–Crippen LogP) is 4.86. The zero-order valence-electron chi connectivity index (χ0n) is 29.3. The van der Waals surface area contributed by atoms with Gasteiger partial charge >= 0.3 is 18.2 Å². The van der Waals surface area contributed by atoms with Crippen molar-refractivity contribution in [3.8, 4) is 11.6 Å². The highest BCUT2D eigenvalue weighted by atomic mass is 19.4. The smallest absolute Gasteiger partial charge is 0.438 e. The maximum atomic E-state index is 14.3. The van der Waals surface area contributed by atoms with E-state index in [0.717, 1.165) is 12.8 Å². The van der Waals surface area contributed by atoms with Crippen LogP contribution in [0.2, 0.25) is 0 Å². The minimum atomic E-state index is -4.95. The number of halogens is 3. The number of esters is 1. The molecule has 0 bridgehead atoms. The van der Waals surface area contributed by atoms with Gasteiger partial charge in [0.2, 0.25) is 23.4 Å². The fourth-order valence-corrected chi connectivity index (χ4v) is 6.41. The van der Waals surface area contributed by atoms with Crippen LogP contribution >= 0.6 is 0 Å². The standard InChI is InChI=1S/C35H44F3N5O8/c1-6-49-31(46)34-18-20(34)12-10-8-7-9-11-13-24(41-32(47)51-33(2,3)4)30(45)43-19-22(17-26(43)28(44)42-34)50-29-27(35(36,37)38)39-23-15-14-21(48-5)16-25(23)40-29/h10,12,14-16,20,22,24,26H,6-9,11,13,17-19H2,1-5H3,(H,41,47)(H,42,44)/b12-10-/t20-,22-,24+,26+,34-/m1/s1. The van der Waals surface area contributed by atoms with Gasteiger partial charge in [0.1, 0.15) is 35.1 Å². The lowest BCUT2D eigenvalue weighted by Gasteiger charge is -2.30. The van der Waals surface area contributed by atoms with Gasteiger partial charge in [-0.2, -0.15) is 13.2 Å². The second-order valence-corrected chi connectivity index (χ2v) is 14.0. The maximum absolute atomic E-state index is 14.3. The number of aromatic nitrogens is 2. The summed E-state index contributed by atoms with van der Waals surface area (Å²) >= 11 is 0. The number of nitrogens with one attached hydrogen (secondary N) is 2. The third-order valence-electron chi connectivity index (χ3n) is 8.96. The first-order valence-electron chi connectivity index (χ1n) is 17.1. The van der Waals surface area contributed by atoms with E-state index in [0.29, 0.717) is 18.6 Å². The van der Waals surface area contributed by atoms with Crippen molar-refractivity contribution in [2.24, 2.45) is 5.92 Å². The maximum Gasteiger partial charge on any atom is 0.438 e. The van der Waals surface area contributed by atoms with E-state index >= 15 is 0 Å². The first-order valence-corrected chi connectivity index (χ1v) is 17.1. The first kappa shape index (κ1) is 37.6. The molecule has 1 saturated carbocycles. The average Bonchev–Trinajstić information content (AvgIpc) is 3.58. The van der Waals surface area contributed by atoms with Gasteiger partial charge in [-0.3, -0.25) is 9.59 Å². The summed E-state index contributed by atoms with van der Waals surface area (Å²) in [5, 5.41) is 5.44. The fourth-order valence-electron chi connectivity index (χ4n) is 6.41. The topological polar surface area (TPSA) is 158 Å². The highest BCUT2D eigenvalue weighted by molar-refractivity contribution is 5.96. The molecule has 3 heterocycles. The Morgan fingerprint density at radius 3 is 2.55 bits per heavy atom. The van der Waals surface area contributed by atoms with Crippen LogP contribution in [-0.4, -0.2) is 88.3 Å². The number of ether oxygens (including phenoxy) is 4. The molecule has 2 aromatic rings. The summed E-state index contributed by atoms with van der Waals surface area (Å²) < 4.78 is 64.6. The van der Waals surface area contributed by atoms with Crippen LogP contribution in [0.25, 0.3) is 11.0 Å². The lowest BCUT2D eigenvalue weighted by atomic mass is 10.0. The molecule has 1 aromatic carbocycles. The van der Waals surface area contributed by atoms with Crippen LogP contribution in [0.4, 0.5) is 18.0 Å². The van der Waals surface area contributed by atoms with Gasteiger partial charge in [0.15, 0.2) is 0 Å². The Kier molecular flexibility index (Phi) is 11.0. The molecule has 5 rings (SSSR count). The first-order chi connectivity index (χ1) is 24.0. The minimum absolute atomic E-state index is 0.0440. The highest BCUT2D eigenvalue weighted by Crippen LogP contribution is 2.46. The number of hydrogen-bond donors (Lipinski definition) is 2. The van der Waals surface area contributed by atoms with Crippen molar-refractivity contribution in [3.63, 3.8) is 0 Å². The largest absolute Gasteiger partial charge is 0.497 e. The molecule has 1 saturated heterocycles. The van der Waals surface area contributed by atoms with Crippen molar-refractivity contribution in [1.29, 1.82) is 0 Å². The van der Waals surface area contributed by atoms with E-state index < -0.39 is 71.0 Å². The number of carbonyl (C=O) groups is 4. The molecule has 3 aliphatic rings. The molecule has 0 spiro atoms. The van der Waals surface area contributed by atoms with Crippen LogP contribution in [0.3, 0.4) is 0 Å². The van der Waals surface area contributed by atoms with E-state index in [1.54, 1.807) is 27.7 Å². The number of alkyl carbamates (subject to hydrolysis) is 1. The number of nitrogens with zero attached hydrogens (tertiary/aromatic N) is 3. The second-order valence-electron chi connectivity index (χ2n) is 14.0. The number of methoxy groups -OCH3 is 1. The molecule has 278 valence electrons. The quantitative estimate of drug-likeness (QED) is 0.312. The summed E-state index contributed by atoms with van der Waals surface area (Å²) in [6, 6.07) is 1.80. The third kappa shape index (κ3) is 8.82. The van der Waals surface area contributed by atoms with E-state index in [1.165, 1.54) is 30.2 Å². The molecule has 51 heavy (non-hydrogen) atoms. The molecule has 1 aliphatic carbocycles. The van der Waals surface area contributed by atoms with E-state index in [4.69, 9.17) is 18.9 Å². The normalized spacial score (nSPS) is 26.5. The number of fused-ring (bicyclic) bond motifs is 3. The summed E-state index contributed by atoms with van der Waals surface area (Å²) in [6.45, 7) is 6.42. The Morgan fingerprint density at radius 2 is 1.86 bits per heavy atom. The zero-order valence-corrected chi connectivity index (χ0v) is 29.3. The van der Waals surface area contributed by atoms with Crippen LogP contribution in [0, 0.1) is 5.92 Å². The second kappa shape index (κ2) is 14.9. The van der Waals surface area contributed by atoms with E-state index in [9.17, 15) is 32.3 Å². The Morgan fingerprint density at radius 1 is 1.10 bits per heavy atom. The van der Waals surface area contributed by atoms with E-state index in [-0.39, 0.29) is 49.4 Å². The van der Waals surface area contributed by atoms with Gasteiger partial charge in [-0.25, -0.2) is 19.6 Å². The van der Waals surface area contributed by atoms with Gasteiger partial charge in [-0.15, -0.1) is 0 Å². The van der Waals surface area contributed by atoms with Crippen LogP contribution in [0.1, 0.15) is 78.3 Å². The number of allylic oxidation sites excluding steroid dienone is 1. The van der Waals surface area contributed by atoms with Gasteiger partial charge < -0.3 is 34.5 Å². The summed E-state index contributed by atoms with van der Waals surface area (Å²) in [4.78, 5) is 63.5. The molecule has 0 radical (unpaired) electrons. The molecule has 5 atom stereocenters. The zero-order chi connectivity index (χ0) is 37.1. The summed E-state index contributed by atoms with van der Waals surface area (Å²) in [6.07, 6.45) is -0.125. The lowest BCUT2D eigenvalue weighted by Crippen LogP contribution is -2.56. The van der Waals surface area contributed by atoms with Crippen LogP contribution in [-0.2, 0) is 30.0 Å². The Bertz CT molecular complexity index is 1680. The molecule has 13 nitrogen and oxygen atoms in total. The van der Waals surface area contributed by atoms with Crippen molar-refractivity contribution in [2.45, 2.75) is 108 Å². The van der Waals surface area contributed by atoms with Crippen LogP contribution in [0.5, 0.6) is 11.6 Å². The number of benzene rings is 1. The molecule has 3 amide bonds. The summed E-state index contributed by atoms with van der Waals surface area (Å²) in [7, 11) is 1.40. The average molecular weight is 720 g/mol. The van der Waals surface area contributed by atoms with Crippen molar-refractivity contribution in [2.75, 3.05) is 20.3 Å². The van der Waals surface area contributed by atoms with Gasteiger partial charge in [-0.1, -0.05) is 25.0 Å². The molecule has 2 N–H and O–H groups in total. The molecule has 0 unspecified atom stereocenters. The molecule has 2 aliphatic heterocycles. The van der Waals surface area contributed by atoms with Gasteiger partial charge in [0.25, 0.3) is 0 Å². The van der Waals surface area contributed by atoms with Crippen molar-refractivity contribution < 1.29 is 51.3 Å². The molecule has 16 heteroatoms. The predicted molar refractivity (Wildman–Crippen MR) is 177 cm³/mol. The van der Waals surface area contributed by atoms with Gasteiger partial charge in [0.05, 0.1) is 31.3 Å². The lowest BCUT2D eigenvalue weighted by molar-refractivity contribution is -0.150. The third-order valence-corrected chi connectivity index (χ3v) is 8.96. The van der Waals surface area contributed by atoms with Crippen molar-refractivity contribution in [1.82, 2.24) is 25.5 Å². The highest BCUT2D eigenvalue weighted by Gasteiger charge is 2.62. The van der Waals surface area contributed by atoms with Gasteiger partial charge in [-0.05, 0) is 65.5 Å². The number of amides is 3. The molecular weight excluding hydrogens is 675 g/mol. The molecular formula is C35H44F3N5O8. The van der Waals surface area contributed by atoms with Crippen molar-refractivity contribution in [3.05, 3.63) is 36.0 Å². The Balaban J connectivity index is 1.50. The van der Waals surface area contributed by atoms with E-state index in [2.05, 4.69) is 20.6 Å². The van der Waals surface area contributed by atoms with Crippen molar-refractivity contribution >= 4 is 34.9 Å². The molecule has 1 aromatic heterocycles. The molecule has 2 fully saturated rings. The number of carbonyl (C=O) groups excluding carboxylic acids is 4. The number of alkyl halides is 3.